The van der Waals surface area contributed by atoms with Gasteiger partial charge < -0.3 is 14.8 Å². The molecule has 0 saturated carbocycles. The summed E-state index contributed by atoms with van der Waals surface area (Å²) in [5.74, 6) is -0.579. The van der Waals surface area contributed by atoms with Crippen molar-refractivity contribution in [3.05, 3.63) is 36.1 Å². The van der Waals surface area contributed by atoms with Crippen molar-refractivity contribution in [3.63, 3.8) is 0 Å². The maximum absolute atomic E-state index is 12.5. The summed E-state index contributed by atoms with van der Waals surface area (Å²) >= 11 is 0. The first-order valence-corrected chi connectivity index (χ1v) is 8.21. The van der Waals surface area contributed by atoms with Gasteiger partial charge in [0.1, 0.15) is 11.3 Å². The molecule has 1 aliphatic rings. The van der Waals surface area contributed by atoms with Crippen molar-refractivity contribution in [2.75, 3.05) is 13.1 Å². The van der Waals surface area contributed by atoms with Crippen LogP contribution in [-0.4, -0.2) is 41.0 Å². The number of amides is 1. The van der Waals surface area contributed by atoms with Gasteiger partial charge in [-0.05, 0) is 38.9 Å². The number of nitrogens with zero attached hydrogens (tertiary/aromatic N) is 1. The van der Waals surface area contributed by atoms with Crippen LogP contribution < -0.4 is 5.32 Å². The summed E-state index contributed by atoms with van der Waals surface area (Å²) in [5, 5.41) is 13.0. The van der Waals surface area contributed by atoms with Crippen LogP contribution in [0, 0.1) is 5.92 Å². The summed E-state index contributed by atoms with van der Waals surface area (Å²) in [7, 11) is 0. The van der Waals surface area contributed by atoms with Gasteiger partial charge in [-0.25, -0.2) is 0 Å². The number of carbonyl (C=O) groups is 2. The van der Waals surface area contributed by atoms with Crippen LogP contribution in [0.3, 0.4) is 0 Å². The zero-order valence-electron chi connectivity index (χ0n) is 13.9. The molecule has 24 heavy (non-hydrogen) atoms. The Kier molecular flexibility index (Phi) is 4.57. The standard InChI is InChI=1S/C18H22N2O4/c1-11(16-9-13-5-3-4-6-15(13)24-16)19-17(21)12(2)20-8-7-14(10-20)18(22)23/h3-6,9,11-12,14H,7-8,10H2,1-2H3,(H,19,21)(H,22,23). The molecule has 1 aromatic heterocycles. The molecule has 1 aliphatic heterocycles. The van der Waals surface area contributed by atoms with Crippen LogP contribution in [0.15, 0.2) is 34.7 Å². The molecule has 1 amide bonds. The zero-order valence-corrected chi connectivity index (χ0v) is 13.9. The molecular weight excluding hydrogens is 308 g/mol. The normalized spacial score (nSPS) is 20.8. The highest BCUT2D eigenvalue weighted by molar-refractivity contribution is 5.82. The number of furan rings is 1. The Hall–Kier alpha value is -2.34. The molecule has 0 spiro atoms. The predicted molar refractivity (Wildman–Crippen MR) is 89.5 cm³/mol. The summed E-state index contributed by atoms with van der Waals surface area (Å²) in [4.78, 5) is 25.4. The largest absolute Gasteiger partial charge is 0.481 e. The summed E-state index contributed by atoms with van der Waals surface area (Å²) in [5.41, 5.74) is 0.797. The number of carboxylic acids is 1. The minimum atomic E-state index is -0.791. The molecule has 3 atom stereocenters. The average Bonchev–Trinajstić information content (AvgIpc) is 3.20. The van der Waals surface area contributed by atoms with Gasteiger partial charge in [-0.15, -0.1) is 0 Å². The topological polar surface area (TPSA) is 82.8 Å². The fraction of sp³-hybridized carbons (Fsp3) is 0.444. The van der Waals surface area contributed by atoms with Crippen molar-refractivity contribution in [3.8, 4) is 0 Å². The van der Waals surface area contributed by atoms with Gasteiger partial charge in [0.25, 0.3) is 0 Å². The van der Waals surface area contributed by atoms with Gasteiger partial charge >= 0.3 is 5.97 Å². The van der Waals surface area contributed by atoms with Crippen molar-refractivity contribution >= 4 is 22.8 Å². The molecule has 2 heterocycles. The van der Waals surface area contributed by atoms with Crippen LogP contribution in [-0.2, 0) is 9.59 Å². The molecule has 2 N–H and O–H groups in total. The van der Waals surface area contributed by atoms with Crippen molar-refractivity contribution in [1.82, 2.24) is 10.2 Å². The predicted octanol–water partition coefficient (Wildman–Crippen LogP) is 2.40. The highest BCUT2D eigenvalue weighted by Crippen LogP contribution is 2.24. The van der Waals surface area contributed by atoms with E-state index in [1.54, 1.807) is 0 Å². The number of fused-ring (bicyclic) bond motifs is 1. The smallest absolute Gasteiger partial charge is 0.307 e. The van der Waals surface area contributed by atoms with E-state index in [0.717, 1.165) is 11.0 Å². The Balaban J connectivity index is 1.62. The number of likely N-dealkylation sites (tertiary alicyclic amines) is 1. The summed E-state index contributed by atoms with van der Waals surface area (Å²) in [6, 6.07) is 9.04. The lowest BCUT2D eigenvalue weighted by molar-refractivity contribution is -0.141. The number of aliphatic carboxylic acids is 1. The molecule has 1 saturated heterocycles. The average molecular weight is 330 g/mol. The molecule has 6 nitrogen and oxygen atoms in total. The van der Waals surface area contributed by atoms with Gasteiger partial charge in [-0.3, -0.25) is 14.5 Å². The quantitative estimate of drug-likeness (QED) is 0.879. The van der Waals surface area contributed by atoms with Crippen LogP contribution >= 0.6 is 0 Å². The number of carbonyl (C=O) groups excluding carboxylic acids is 1. The Morgan fingerprint density at radius 1 is 1.33 bits per heavy atom. The lowest BCUT2D eigenvalue weighted by Gasteiger charge is -2.24. The fourth-order valence-electron chi connectivity index (χ4n) is 3.13. The molecular formula is C18H22N2O4. The van der Waals surface area contributed by atoms with Crippen LogP contribution in [0.5, 0.6) is 0 Å². The van der Waals surface area contributed by atoms with E-state index in [-0.39, 0.29) is 23.9 Å². The third kappa shape index (κ3) is 3.28. The van der Waals surface area contributed by atoms with Gasteiger partial charge in [0.15, 0.2) is 0 Å². The van der Waals surface area contributed by atoms with Gasteiger partial charge in [-0.1, -0.05) is 18.2 Å². The summed E-state index contributed by atoms with van der Waals surface area (Å²) in [6.07, 6.45) is 0.589. The van der Waals surface area contributed by atoms with Crippen LogP contribution in [0.4, 0.5) is 0 Å². The lowest BCUT2D eigenvalue weighted by Crippen LogP contribution is -2.45. The molecule has 1 aromatic carbocycles. The van der Waals surface area contributed by atoms with Crippen LogP contribution in [0.2, 0.25) is 0 Å². The molecule has 0 aliphatic carbocycles. The van der Waals surface area contributed by atoms with E-state index in [0.29, 0.717) is 25.3 Å². The molecule has 0 bridgehead atoms. The van der Waals surface area contributed by atoms with E-state index in [4.69, 9.17) is 9.52 Å². The van der Waals surface area contributed by atoms with Gasteiger partial charge in [-0.2, -0.15) is 0 Å². The van der Waals surface area contributed by atoms with Crippen molar-refractivity contribution in [2.24, 2.45) is 5.92 Å². The van der Waals surface area contributed by atoms with E-state index in [9.17, 15) is 9.59 Å². The Bertz CT molecular complexity index is 721. The van der Waals surface area contributed by atoms with Crippen molar-refractivity contribution < 1.29 is 19.1 Å². The minimum Gasteiger partial charge on any atom is -0.481 e. The number of hydrogen-bond donors (Lipinski definition) is 2. The van der Waals surface area contributed by atoms with Crippen LogP contribution in [0.1, 0.15) is 32.1 Å². The second kappa shape index (κ2) is 6.65. The zero-order chi connectivity index (χ0) is 17.3. The van der Waals surface area contributed by atoms with Crippen molar-refractivity contribution in [2.45, 2.75) is 32.4 Å². The van der Waals surface area contributed by atoms with Crippen LogP contribution in [0.25, 0.3) is 11.0 Å². The third-order valence-electron chi connectivity index (χ3n) is 4.73. The Labute approximate surface area is 140 Å². The van der Waals surface area contributed by atoms with Crippen molar-refractivity contribution in [1.29, 1.82) is 0 Å². The third-order valence-corrected chi connectivity index (χ3v) is 4.73. The number of hydrogen-bond acceptors (Lipinski definition) is 4. The molecule has 0 radical (unpaired) electrons. The van der Waals surface area contributed by atoms with E-state index >= 15 is 0 Å². The monoisotopic (exact) mass is 330 g/mol. The maximum atomic E-state index is 12.5. The molecule has 3 unspecified atom stereocenters. The molecule has 128 valence electrons. The second-order valence-electron chi connectivity index (χ2n) is 6.41. The SMILES string of the molecule is CC(NC(=O)C(C)N1CCC(C(=O)O)C1)c1cc2ccccc2o1. The van der Waals surface area contributed by atoms with E-state index in [1.165, 1.54) is 0 Å². The molecule has 2 aromatic rings. The van der Waals surface area contributed by atoms with E-state index in [2.05, 4.69) is 5.32 Å². The first-order chi connectivity index (χ1) is 11.5. The highest BCUT2D eigenvalue weighted by atomic mass is 16.4. The van der Waals surface area contributed by atoms with Gasteiger partial charge in [0.05, 0.1) is 18.0 Å². The van der Waals surface area contributed by atoms with E-state index < -0.39 is 5.97 Å². The lowest BCUT2D eigenvalue weighted by atomic mass is 10.1. The Morgan fingerprint density at radius 3 is 2.75 bits per heavy atom. The maximum Gasteiger partial charge on any atom is 0.307 e. The molecule has 3 rings (SSSR count). The minimum absolute atomic E-state index is 0.117. The number of rotatable bonds is 5. The number of para-hydroxylation sites is 1. The first kappa shape index (κ1) is 16.5. The summed E-state index contributed by atoms with van der Waals surface area (Å²) in [6.45, 7) is 4.74. The number of carboxylic acid groups (broad SMARTS) is 1. The molecule has 1 fully saturated rings. The second-order valence-corrected chi connectivity index (χ2v) is 6.41. The van der Waals surface area contributed by atoms with Gasteiger partial charge in [0.2, 0.25) is 5.91 Å². The summed E-state index contributed by atoms with van der Waals surface area (Å²) < 4.78 is 5.78. The van der Waals surface area contributed by atoms with E-state index in [1.807, 2.05) is 49.1 Å². The fourth-order valence-corrected chi connectivity index (χ4v) is 3.13. The number of nitrogens with one attached hydrogen (secondary N) is 1. The Morgan fingerprint density at radius 2 is 2.08 bits per heavy atom. The first-order valence-electron chi connectivity index (χ1n) is 8.21. The number of benzene rings is 1. The molecule has 6 heteroatoms. The highest BCUT2D eigenvalue weighted by Gasteiger charge is 2.33. The van der Waals surface area contributed by atoms with Gasteiger partial charge in [0, 0.05) is 11.9 Å².